The first-order valence-electron chi connectivity index (χ1n) is 11.4. The van der Waals surface area contributed by atoms with E-state index < -0.39 is 0 Å². The Morgan fingerprint density at radius 2 is 2.09 bits per heavy atom. The largest absolute Gasteiger partial charge is 0.471 e. The number of amides is 1. The molecule has 0 aromatic carbocycles. The zero-order valence-electron chi connectivity index (χ0n) is 19.0. The van der Waals surface area contributed by atoms with E-state index in [1.165, 1.54) is 6.33 Å². The molecule has 0 aliphatic carbocycles. The number of hydrogen-bond acceptors (Lipinski definition) is 8. The van der Waals surface area contributed by atoms with Crippen molar-refractivity contribution >= 4 is 22.8 Å². The Balaban J connectivity index is 1.44. The number of pyridine rings is 2. The molecule has 5 heterocycles. The zero-order chi connectivity index (χ0) is 23.5. The molecule has 1 fully saturated rings. The van der Waals surface area contributed by atoms with Crippen molar-refractivity contribution in [3.05, 3.63) is 54.7 Å². The molecule has 4 aromatic rings. The molecule has 10 heteroatoms. The van der Waals surface area contributed by atoms with Gasteiger partial charge < -0.3 is 15.4 Å². The van der Waals surface area contributed by atoms with Gasteiger partial charge in [0.1, 0.15) is 24.4 Å². The maximum absolute atomic E-state index is 12.3. The second-order valence-electron chi connectivity index (χ2n) is 8.23. The van der Waals surface area contributed by atoms with Crippen molar-refractivity contribution in [2.24, 2.45) is 0 Å². The number of hydrogen-bond donors (Lipinski definition) is 1. The predicted octanol–water partition coefficient (Wildman–Crippen LogP) is 3.02. The molecule has 1 saturated heterocycles. The molecule has 0 radical (unpaired) electrons. The Morgan fingerprint density at radius 3 is 2.85 bits per heavy atom. The van der Waals surface area contributed by atoms with Gasteiger partial charge in [-0.3, -0.25) is 9.78 Å². The first-order valence-corrected chi connectivity index (χ1v) is 11.4. The second-order valence-corrected chi connectivity index (χ2v) is 8.23. The van der Waals surface area contributed by atoms with E-state index >= 15 is 0 Å². The van der Waals surface area contributed by atoms with Crippen molar-refractivity contribution in [1.29, 1.82) is 0 Å². The summed E-state index contributed by atoms with van der Waals surface area (Å²) in [6.45, 7) is 3.60. The molecule has 0 spiro atoms. The lowest BCUT2D eigenvalue weighted by molar-refractivity contribution is -0.132. The number of likely N-dealkylation sites (tertiary alicyclic amines) is 1. The average molecular weight is 459 g/mol. The number of fused-ring (bicyclic) bond motifs is 1. The van der Waals surface area contributed by atoms with Gasteiger partial charge in [-0.1, -0.05) is 13.0 Å². The lowest BCUT2D eigenvalue weighted by Crippen LogP contribution is -2.40. The van der Waals surface area contributed by atoms with Crippen LogP contribution in [0.25, 0.3) is 22.3 Å². The van der Waals surface area contributed by atoms with Crippen LogP contribution in [0.5, 0.6) is 5.88 Å². The summed E-state index contributed by atoms with van der Waals surface area (Å²) in [5.74, 6) is 1.00. The SMILES string of the molecule is CCC(=O)N1CCCC(n2nc(-c3ccc(OCc4ccccn4)nc3)c3c(N)ncnc32)C1. The molecule has 1 aliphatic heterocycles. The van der Waals surface area contributed by atoms with E-state index in [-0.39, 0.29) is 11.9 Å². The average Bonchev–Trinajstić information content (AvgIpc) is 3.29. The minimum atomic E-state index is 0.0174. The summed E-state index contributed by atoms with van der Waals surface area (Å²) >= 11 is 0. The number of nitrogens with zero attached hydrogens (tertiary/aromatic N) is 7. The number of carbonyl (C=O) groups is 1. The molecule has 1 amide bonds. The Bertz CT molecular complexity index is 1290. The Hall–Kier alpha value is -4.08. The van der Waals surface area contributed by atoms with Crippen LogP contribution in [-0.2, 0) is 11.4 Å². The fraction of sp³-hybridized carbons (Fsp3) is 0.333. The van der Waals surface area contributed by atoms with Crippen LogP contribution in [0.15, 0.2) is 49.1 Å². The number of aromatic nitrogens is 6. The molecule has 0 saturated carbocycles. The Labute approximate surface area is 196 Å². The maximum Gasteiger partial charge on any atom is 0.222 e. The summed E-state index contributed by atoms with van der Waals surface area (Å²) in [6, 6.07) is 9.39. The predicted molar refractivity (Wildman–Crippen MR) is 127 cm³/mol. The van der Waals surface area contributed by atoms with Crippen LogP contribution in [0.3, 0.4) is 0 Å². The number of ether oxygens (including phenoxy) is 1. The van der Waals surface area contributed by atoms with Gasteiger partial charge >= 0.3 is 0 Å². The van der Waals surface area contributed by atoms with Crippen LogP contribution < -0.4 is 10.5 Å². The number of rotatable bonds is 6. The first-order chi connectivity index (χ1) is 16.6. The van der Waals surface area contributed by atoms with Crippen molar-refractivity contribution in [3.8, 4) is 17.1 Å². The van der Waals surface area contributed by atoms with E-state index in [2.05, 4.69) is 19.9 Å². The molecule has 0 bridgehead atoms. The van der Waals surface area contributed by atoms with E-state index in [9.17, 15) is 4.79 Å². The standard InChI is InChI=1S/C24H26N8O2/c1-2-20(33)31-11-5-7-18(13-31)32-24-21(23(25)28-15-29-24)22(30-32)16-8-9-19(27-12-16)34-14-17-6-3-4-10-26-17/h3-4,6,8-10,12,15,18H,2,5,7,11,13-14H2,1H3,(H2,25,28,29). The van der Waals surface area contributed by atoms with Gasteiger partial charge in [0.15, 0.2) is 5.65 Å². The molecule has 5 rings (SSSR count). The number of anilines is 1. The lowest BCUT2D eigenvalue weighted by atomic mass is 10.1. The monoisotopic (exact) mass is 458 g/mol. The van der Waals surface area contributed by atoms with E-state index in [4.69, 9.17) is 15.6 Å². The fourth-order valence-electron chi connectivity index (χ4n) is 4.29. The number of carbonyl (C=O) groups excluding carboxylic acids is 1. The molecule has 10 nitrogen and oxygen atoms in total. The summed E-state index contributed by atoms with van der Waals surface area (Å²) in [7, 11) is 0. The van der Waals surface area contributed by atoms with Crippen molar-refractivity contribution in [2.75, 3.05) is 18.8 Å². The number of nitrogens with two attached hydrogens (primary N) is 1. The summed E-state index contributed by atoms with van der Waals surface area (Å²) in [5.41, 5.74) is 9.19. The minimum absolute atomic E-state index is 0.0174. The Morgan fingerprint density at radius 1 is 1.18 bits per heavy atom. The molecule has 1 unspecified atom stereocenters. The molecular formula is C24H26N8O2. The van der Waals surface area contributed by atoms with Crippen molar-refractivity contribution in [1.82, 2.24) is 34.6 Å². The van der Waals surface area contributed by atoms with Gasteiger partial charge in [-0.25, -0.2) is 19.6 Å². The molecule has 4 aromatic heterocycles. The van der Waals surface area contributed by atoms with E-state index in [1.807, 2.05) is 40.8 Å². The van der Waals surface area contributed by atoms with E-state index in [0.29, 0.717) is 48.0 Å². The van der Waals surface area contributed by atoms with Gasteiger partial charge in [0.2, 0.25) is 11.8 Å². The van der Waals surface area contributed by atoms with Crippen molar-refractivity contribution in [2.45, 2.75) is 38.8 Å². The van der Waals surface area contributed by atoms with Gasteiger partial charge in [0.25, 0.3) is 0 Å². The van der Waals surface area contributed by atoms with Crippen LogP contribution in [-0.4, -0.2) is 53.6 Å². The molecule has 34 heavy (non-hydrogen) atoms. The highest BCUT2D eigenvalue weighted by atomic mass is 16.5. The molecule has 174 valence electrons. The second kappa shape index (κ2) is 9.42. The minimum Gasteiger partial charge on any atom is -0.471 e. The topological polar surface area (TPSA) is 125 Å². The summed E-state index contributed by atoms with van der Waals surface area (Å²) < 4.78 is 7.65. The fourth-order valence-corrected chi connectivity index (χ4v) is 4.29. The van der Waals surface area contributed by atoms with Crippen LogP contribution in [0.4, 0.5) is 5.82 Å². The number of piperidine rings is 1. The smallest absolute Gasteiger partial charge is 0.222 e. The summed E-state index contributed by atoms with van der Waals surface area (Å²) in [6.07, 6.45) is 7.20. The van der Waals surface area contributed by atoms with Crippen LogP contribution in [0.2, 0.25) is 0 Å². The molecule has 1 atom stereocenters. The summed E-state index contributed by atoms with van der Waals surface area (Å²) in [5, 5.41) is 5.58. The van der Waals surface area contributed by atoms with Gasteiger partial charge in [0, 0.05) is 43.5 Å². The highest BCUT2D eigenvalue weighted by molar-refractivity contribution is 5.98. The quantitative estimate of drug-likeness (QED) is 0.467. The normalized spacial score (nSPS) is 16.0. The molecular weight excluding hydrogens is 432 g/mol. The van der Waals surface area contributed by atoms with Crippen molar-refractivity contribution < 1.29 is 9.53 Å². The first kappa shape index (κ1) is 21.7. The summed E-state index contributed by atoms with van der Waals surface area (Å²) in [4.78, 5) is 31.6. The van der Waals surface area contributed by atoms with Crippen molar-refractivity contribution in [3.63, 3.8) is 0 Å². The highest BCUT2D eigenvalue weighted by Crippen LogP contribution is 2.34. The van der Waals surface area contributed by atoms with E-state index in [0.717, 1.165) is 30.6 Å². The van der Waals surface area contributed by atoms with Crippen LogP contribution >= 0.6 is 0 Å². The van der Waals surface area contributed by atoms with Gasteiger partial charge in [-0.2, -0.15) is 5.10 Å². The van der Waals surface area contributed by atoms with Gasteiger partial charge in [0.05, 0.1) is 17.1 Å². The third-order valence-electron chi connectivity index (χ3n) is 6.02. The zero-order valence-corrected chi connectivity index (χ0v) is 19.0. The third-order valence-corrected chi connectivity index (χ3v) is 6.02. The van der Waals surface area contributed by atoms with Crippen LogP contribution in [0.1, 0.15) is 37.9 Å². The molecule has 1 aliphatic rings. The number of nitrogen functional groups attached to an aromatic ring is 1. The van der Waals surface area contributed by atoms with E-state index in [1.54, 1.807) is 18.5 Å². The lowest BCUT2D eigenvalue weighted by Gasteiger charge is -2.32. The van der Waals surface area contributed by atoms with Gasteiger partial charge in [-0.05, 0) is 31.0 Å². The maximum atomic E-state index is 12.3. The third kappa shape index (κ3) is 4.26. The highest BCUT2D eigenvalue weighted by Gasteiger charge is 2.28. The van der Waals surface area contributed by atoms with Gasteiger partial charge in [-0.15, -0.1) is 0 Å². The van der Waals surface area contributed by atoms with Crippen LogP contribution in [0, 0.1) is 0 Å². The molecule has 2 N–H and O–H groups in total. The Kier molecular flexibility index (Phi) is 6.03.